The number of hydrogen-bond acceptors (Lipinski definition) is 4. The van der Waals surface area contributed by atoms with Crippen LogP contribution in [0.25, 0.3) is 6.08 Å². The first-order chi connectivity index (χ1) is 9.23. The predicted octanol–water partition coefficient (Wildman–Crippen LogP) is 2.75. The molecule has 0 spiro atoms. The lowest BCUT2D eigenvalue weighted by Crippen LogP contribution is -2.41. The number of aromatic nitrogens is 1. The fraction of sp³-hybridized carbons (Fsp3) is 0.533. The Morgan fingerprint density at radius 2 is 1.85 bits per heavy atom. The summed E-state index contributed by atoms with van der Waals surface area (Å²) in [6.45, 7) is 10.1. The lowest BCUT2D eigenvalue weighted by Gasteiger charge is -2.32. The molecule has 0 aliphatic carbocycles. The summed E-state index contributed by atoms with van der Waals surface area (Å²) in [6.07, 6.45) is 5.53. The van der Waals surface area contributed by atoms with Gasteiger partial charge in [0, 0.05) is 18.4 Å². The Bertz CT molecular complexity index is 496. The lowest BCUT2D eigenvalue weighted by atomic mass is 9.88. The molecule has 5 heteroatoms. The lowest BCUT2D eigenvalue weighted by molar-refractivity contribution is 0.00578. The van der Waals surface area contributed by atoms with E-state index in [-0.39, 0.29) is 24.4 Å². The molecule has 0 bridgehead atoms. The molecule has 1 aromatic heterocycles. The molecule has 4 nitrogen and oxygen atoms in total. The summed E-state index contributed by atoms with van der Waals surface area (Å²) >= 11 is 0. The minimum atomic E-state index is -0.346. The first-order valence-corrected chi connectivity index (χ1v) is 6.96. The highest BCUT2D eigenvalue weighted by Gasteiger charge is 2.49. The van der Waals surface area contributed by atoms with E-state index in [9.17, 15) is 0 Å². The Kier molecular flexibility index (Phi) is 4.05. The molecule has 1 saturated heterocycles. The number of nitrogens with two attached hydrogens (primary N) is 1. The van der Waals surface area contributed by atoms with Crippen molar-refractivity contribution in [2.75, 3.05) is 0 Å². The highest BCUT2D eigenvalue weighted by molar-refractivity contribution is 6.52. The van der Waals surface area contributed by atoms with E-state index in [1.165, 1.54) is 0 Å². The average Bonchev–Trinajstić information content (AvgIpc) is 2.55. The molecular weight excluding hydrogens is 251 g/mol. The van der Waals surface area contributed by atoms with Crippen LogP contribution in [-0.2, 0) is 9.31 Å². The zero-order valence-electron chi connectivity index (χ0n) is 12.9. The van der Waals surface area contributed by atoms with Crippen LogP contribution < -0.4 is 5.73 Å². The average molecular weight is 274 g/mol. The number of nitrogens with zero attached hydrogens (tertiary/aromatic N) is 1. The van der Waals surface area contributed by atoms with Crippen LogP contribution in [0.2, 0.25) is 0 Å². The zero-order valence-corrected chi connectivity index (χ0v) is 12.9. The molecule has 1 aromatic rings. The molecule has 108 valence electrons. The van der Waals surface area contributed by atoms with Crippen LogP contribution in [0.3, 0.4) is 0 Å². The Hall–Kier alpha value is -1.17. The summed E-state index contributed by atoms with van der Waals surface area (Å²) in [5.74, 6) is 1.92. The van der Waals surface area contributed by atoms with Gasteiger partial charge in [-0.05, 0) is 51.8 Å². The number of rotatable bonds is 3. The van der Waals surface area contributed by atoms with Gasteiger partial charge < -0.3 is 15.0 Å². The number of pyridine rings is 1. The van der Waals surface area contributed by atoms with E-state index in [0.717, 1.165) is 11.1 Å². The van der Waals surface area contributed by atoms with Crippen LogP contribution in [0.1, 0.15) is 51.8 Å². The summed E-state index contributed by atoms with van der Waals surface area (Å²) in [5.41, 5.74) is 7.38. The van der Waals surface area contributed by atoms with E-state index >= 15 is 0 Å². The van der Waals surface area contributed by atoms with Crippen molar-refractivity contribution in [3.63, 3.8) is 0 Å². The molecule has 0 unspecified atom stereocenters. The molecule has 1 aliphatic heterocycles. The van der Waals surface area contributed by atoms with Crippen LogP contribution in [-0.4, -0.2) is 23.3 Å². The maximum Gasteiger partial charge on any atom is 0.487 e. The quantitative estimate of drug-likeness (QED) is 0.861. The minimum Gasteiger partial charge on any atom is -0.400 e. The van der Waals surface area contributed by atoms with Crippen molar-refractivity contribution < 1.29 is 9.31 Å². The normalized spacial score (nSPS) is 22.4. The molecule has 1 aliphatic rings. The molecule has 20 heavy (non-hydrogen) atoms. The van der Waals surface area contributed by atoms with Gasteiger partial charge in [-0.15, -0.1) is 0 Å². The fourth-order valence-electron chi connectivity index (χ4n) is 2.12. The summed E-state index contributed by atoms with van der Waals surface area (Å²) in [6, 6.07) is 1.91. The van der Waals surface area contributed by atoms with Gasteiger partial charge in [0.25, 0.3) is 0 Å². The summed E-state index contributed by atoms with van der Waals surface area (Å²) in [7, 11) is -0.346. The minimum absolute atomic E-state index is 0.0315. The first kappa shape index (κ1) is 15.2. The maximum absolute atomic E-state index is 5.96. The van der Waals surface area contributed by atoms with Crippen molar-refractivity contribution >= 4 is 13.2 Å². The molecule has 0 amide bonds. The van der Waals surface area contributed by atoms with Crippen molar-refractivity contribution in [3.05, 3.63) is 35.6 Å². The second-order valence-electron chi connectivity index (χ2n) is 6.28. The Morgan fingerprint density at radius 3 is 2.40 bits per heavy atom. The van der Waals surface area contributed by atoms with Crippen LogP contribution in [0.5, 0.6) is 0 Å². The molecule has 2 N–H and O–H groups in total. The van der Waals surface area contributed by atoms with Crippen LogP contribution in [0.4, 0.5) is 0 Å². The molecule has 1 atom stereocenters. The van der Waals surface area contributed by atoms with Crippen LogP contribution in [0, 0.1) is 0 Å². The van der Waals surface area contributed by atoms with Crippen molar-refractivity contribution in [2.24, 2.45) is 5.73 Å². The van der Waals surface area contributed by atoms with Gasteiger partial charge in [0.05, 0.1) is 11.2 Å². The van der Waals surface area contributed by atoms with Crippen LogP contribution in [0.15, 0.2) is 24.4 Å². The molecule has 0 radical (unpaired) electrons. The van der Waals surface area contributed by atoms with Gasteiger partial charge >= 0.3 is 7.12 Å². The van der Waals surface area contributed by atoms with E-state index in [1.54, 1.807) is 12.4 Å². The first-order valence-electron chi connectivity index (χ1n) is 6.96. The molecular formula is C15H23BN2O2. The third-order valence-corrected chi connectivity index (χ3v) is 4.08. The van der Waals surface area contributed by atoms with E-state index in [4.69, 9.17) is 15.0 Å². The molecule has 2 heterocycles. The van der Waals surface area contributed by atoms with E-state index in [1.807, 2.05) is 52.7 Å². The molecule has 0 saturated carbocycles. The van der Waals surface area contributed by atoms with Gasteiger partial charge in [-0.2, -0.15) is 0 Å². The Labute approximate surface area is 121 Å². The Morgan fingerprint density at radius 1 is 1.25 bits per heavy atom. The largest absolute Gasteiger partial charge is 0.487 e. The zero-order chi connectivity index (χ0) is 15.0. The van der Waals surface area contributed by atoms with Crippen LogP contribution >= 0.6 is 0 Å². The van der Waals surface area contributed by atoms with Gasteiger partial charge in [0.1, 0.15) is 0 Å². The predicted molar refractivity (Wildman–Crippen MR) is 82.0 cm³/mol. The summed E-state index contributed by atoms with van der Waals surface area (Å²) < 4.78 is 11.9. The van der Waals surface area contributed by atoms with Gasteiger partial charge in [0.2, 0.25) is 0 Å². The molecule has 0 aromatic carbocycles. The standard InChI is InChI=1S/C15H23BN2O2/c1-11(17)13-7-9-18-10-12(13)6-8-16-19-14(2,3)15(4,5)20-16/h6-11H,17H2,1-5H3/b8-6+/t11-/m1/s1. The van der Waals surface area contributed by atoms with Crippen molar-refractivity contribution in [1.29, 1.82) is 0 Å². The second-order valence-corrected chi connectivity index (χ2v) is 6.28. The fourth-order valence-corrected chi connectivity index (χ4v) is 2.12. The second kappa shape index (κ2) is 5.32. The smallest absolute Gasteiger partial charge is 0.400 e. The highest BCUT2D eigenvalue weighted by Crippen LogP contribution is 2.37. The highest BCUT2D eigenvalue weighted by atomic mass is 16.7. The van der Waals surface area contributed by atoms with E-state index < -0.39 is 0 Å². The summed E-state index contributed by atoms with van der Waals surface area (Å²) in [4.78, 5) is 4.14. The maximum atomic E-state index is 5.96. The molecule has 2 rings (SSSR count). The number of hydrogen-bond donors (Lipinski definition) is 1. The van der Waals surface area contributed by atoms with Gasteiger partial charge in [0.15, 0.2) is 0 Å². The third kappa shape index (κ3) is 2.95. The van der Waals surface area contributed by atoms with Crippen molar-refractivity contribution in [2.45, 2.75) is 51.9 Å². The molecule has 1 fully saturated rings. The topological polar surface area (TPSA) is 57.4 Å². The van der Waals surface area contributed by atoms with Crippen molar-refractivity contribution in [1.82, 2.24) is 4.98 Å². The van der Waals surface area contributed by atoms with E-state index in [0.29, 0.717) is 0 Å². The summed E-state index contributed by atoms with van der Waals surface area (Å²) in [5, 5.41) is 0. The van der Waals surface area contributed by atoms with E-state index in [2.05, 4.69) is 4.98 Å². The SMILES string of the molecule is C[C@@H](N)c1ccncc1/C=C/B1OC(C)(C)C(C)(C)O1. The van der Waals surface area contributed by atoms with Gasteiger partial charge in [-0.25, -0.2) is 0 Å². The van der Waals surface area contributed by atoms with Gasteiger partial charge in [-0.3, -0.25) is 4.98 Å². The third-order valence-electron chi connectivity index (χ3n) is 4.08. The monoisotopic (exact) mass is 274 g/mol. The van der Waals surface area contributed by atoms with Gasteiger partial charge in [-0.1, -0.05) is 12.1 Å². The Balaban J connectivity index is 2.16. The van der Waals surface area contributed by atoms with Crippen molar-refractivity contribution in [3.8, 4) is 0 Å².